The maximum absolute atomic E-state index is 12.8. The molecule has 0 aromatic carbocycles. The first-order chi connectivity index (χ1) is 15.2. The molecule has 0 saturated carbocycles. The van der Waals surface area contributed by atoms with Gasteiger partial charge in [-0.3, -0.25) is 14.5 Å². The Balaban J connectivity index is 1.46. The van der Waals surface area contributed by atoms with Crippen LogP contribution in [-0.4, -0.2) is 73.7 Å². The van der Waals surface area contributed by atoms with Crippen LogP contribution in [0.25, 0.3) is 22.0 Å². The lowest BCUT2D eigenvalue weighted by molar-refractivity contribution is -0.121. The van der Waals surface area contributed by atoms with Gasteiger partial charge < -0.3 is 10.2 Å². The summed E-state index contributed by atoms with van der Waals surface area (Å²) in [5.41, 5.74) is 1.42. The average Bonchev–Trinajstić information content (AvgIpc) is 3.24. The Morgan fingerprint density at radius 3 is 2.50 bits per heavy atom. The van der Waals surface area contributed by atoms with Crippen LogP contribution in [0, 0.1) is 11.8 Å². The quantitative estimate of drug-likeness (QED) is 0.615. The number of carbonyl (C=O) groups is 1. The number of aromatic nitrogens is 4. The number of carbonyl (C=O) groups excluding carboxylic acids is 1. The van der Waals surface area contributed by atoms with Crippen molar-refractivity contribution in [1.29, 1.82) is 0 Å². The van der Waals surface area contributed by atoms with Gasteiger partial charge in [-0.15, -0.1) is 0 Å². The van der Waals surface area contributed by atoms with Gasteiger partial charge in [-0.05, 0) is 54.6 Å². The minimum atomic E-state index is -1.58. The lowest BCUT2D eigenvalue weighted by atomic mass is 9.49. The Hall–Kier alpha value is -2.61. The van der Waals surface area contributed by atoms with Gasteiger partial charge in [0.2, 0.25) is 5.91 Å². The van der Waals surface area contributed by atoms with Gasteiger partial charge in [0.05, 0.1) is 35.4 Å². The van der Waals surface area contributed by atoms with Gasteiger partial charge in [0.1, 0.15) is 5.82 Å². The maximum Gasteiger partial charge on any atom is 0.228 e. The minimum Gasteiger partial charge on any atom is -0.310 e. The number of rotatable bonds is 6. The molecule has 158 valence electrons. The molecule has 0 unspecified atom stereocenters. The number of nitrogens with zero attached hydrogens (tertiary/aromatic N) is 5. The highest BCUT2D eigenvalue weighted by Crippen LogP contribution is 2.25. The summed E-state index contributed by atoms with van der Waals surface area (Å²) in [6, 6.07) is 3.76. The zero-order chi connectivity index (χ0) is 22.9. The average molecular weight is 422 g/mol. The fourth-order valence-corrected chi connectivity index (χ4v) is 4.05. The summed E-state index contributed by atoms with van der Waals surface area (Å²) in [6.45, 7) is 7.44. The van der Waals surface area contributed by atoms with Crippen LogP contribution in [0.4, 0.5) is 5.82 Å². The lowest BCUT2D eigenvalue weighted by Gasteiger charge is -2.32. The van der Waals surface area contributed by atoms with Gasteiger partial charge in [0, 0.05) is 42.0 Å². The molecule has 0 aliphatic carbocycles. The van der Waals surface area contributed by atoms with Crippen molar-refractivity contribution in [3.63, 3.8) is 0 Å². The Morgan fingerprint density at radius 1 is 1.12 bits per heavy atom. The van der Waals surface area contributed by atoms with Crippen molar-refractivity contribution in [3.8, 4) is 11.3 Å². The number of fused-ring (bicyclic) bond motifs is 1. The molecule has 1 aliphatic heterocycles. The van der Waals surface area contributed by atoms with E-state index in [1.807, 2.05) is 12.1 Å². The zero-order valence-corrected chi connectivity index (χ0v) is 18.5. The fourth-order valence-electron chi connectivity index (χ4n) is 4.05. The predicted octanol–water partition coefficient (Wildman–Crippen LogP) is 1.87. The van der Waals surface area contributed by atoms with Crippen LogP contribution >= 0.6 is 0 Å². The summed E-state index contributed by atoms with van der Waals surface area (Å²) in [6.07, 6.45) is 8.42. The third-order valence-corrected chi connectivity index (χ3v) is 5.71. The molecule has 7 nitrogen and oxygen atoms in total. The van der Waals surface area contributed by atoms with Gasteiger partial charge >= 0.3 is 0 Å². The zero-order valence-electron chi connectivity index (χ0n) is 18.5. The summed E-state index contributed by atoms with van der Waals surface area (Å²) in [7, 11) is 17.0. The molecule has 0 spiro atoms. The van der Waals surface area contributed by atoms with Gasteiger partial charge in [0.15, 0.2) is 0 Å². The predicted molar refractivity (Wildman–Crippen MR) is 129 cm³/mol. The minimum absolute atomic E-state index is 0.0128. The highest BCUT2D eigenvalue weighted by Gasteiger charge is 2.25. The van der Waals surface area contributed by atoms with Gasteiger partial charge in [0.25, 0.3) is 0 Å². The Kier molecular flexibility index (Phi) is 6.42. The van der Waals surface area contributed by atoms with Gasteiger partial charge in [-0.2, -0.15) is 5.10 Å². The van der Waals surface area contributed by atoms with E-state index >= 15 is 0 Å². The lowest BCUT2D eigenvalue weighted by Crippen LogP contribution is -2.39. The fraction of sp³-hybridized carbons (Fsp3) is 0.455. The van der Waals surface area contributed by atoms with Crippen LogP contribution in [0.2, 0.25) is 0 Å². The van der Waals surface area contributed by atoms with Crippen LogP contribution in [-0.2, 0) is 10.0 Å². The number of amides is 1. The molecule has 0 atom stereocenters. The third kappa shape index (κ3) is 5.23. The number of anilines is 1. The summed E-state index contributed by atoms with van der Waals surface area (Å²) >= 11 is 0. The Morgan fingerprint density at radius 2 is 1.84 bits per heavy atom. The SMILES string of the molecule is [B]C([B])([B])n1cc(-c2cc3cc(NC(=O)C4CCN(CC(C)C)CC4)ncc3cn2)cn1. The molecular weight excluding hydrogens is 397 g/mol. The van der Waals surface area contributed by atoms with Crippen molar-refractivity contribution in [3.05, 3.63) is 36.9 Å². The molecule has 1 N–H and O–H groups in total. The normalized spacial score (nSPS) is 16.0. The van der Waals surface area contributed by atoms with Crippen molar-refractivity contribution in [1.82, 2.24) is 24.6 Å². The Bertz CT molecular complexity index is 1100. The molecule has 32 heavy (non-hydrogen) atoms. The van der Waals surface area contributed by atoms with Crippen LogP contribution in [0.3, 0.4) is 0 Å². The molecule has 1 saturated heterocycles. The van der Waals surface area contributed by atoms with Crippen LogP contribution in [0.15, 0.2) is 36.9 Å². The van der Waals surface area contributed by atoms with Gasteiger partial charge in [-0.1, -0.05) is 13.8 Å². The summed E-state index contributed by atoms with van der Waals surface area (Å²) < 4.78 is 1.28. The number of hydrogen-bond acceptors (Lipinski definition) is 5. The first kappa shape index (κ1) is 22.6. The molecule has 6 radical (unpaired) electrons. The van der Waals surface area contributed by atoms with E-state index in [0.29, 0.717) is 17.4 Å². The van der Waals surface area contributed by atoms with E-state index in [-0.39, 0.29) is 11.8 Å². The third-order valence-electron chi connectivity index (χ3n) is 5.71. The second-order valence-electron chi connectivity index (χ2n) is 9.01. The topological polar surface area (TPSA) is 75.9 Å². The van der Waals surface area contributed by atoms with E-state index in [4.69, 9.17) is 23.5 Å². The molecule has 1 amide bonds. The van der Waals surface area contributed by atoms with Crippen molar-refractivity contribution in [2.75, 3.05) is 25.0 Å². The van der Waals surface area contributed by atoms with E-state index in [2.05, 4.69) is 39.1 Å². The first-order valence-corrected chi connectivity index (χ1v) is 10.9. The van der Waals surface area contributed by atoms with Crippen molar-refractivity contribution in [2.24, 2.45) is 11.8 Å². The Labute approximate surface area is 192 Å². The van der Waals surface area contributed by atoms with Crippen molar-refractivity contribution in [2.45, 2.75) is 31.9 Å². The smallest absolute Gasteiger partial charge is 0.228 e. The van der Waals surface area contributed by atoms with Crippen molar-refractivity contribution < 1.29 is 4.79 Å². The highest BCUT2D eigenvalue weighted by atomic mass is 16.1. The standard InChI is InChI=1S/C22H25B3N6O/c1-14(2)12-30-5-3-15(4-6-30)21(32)29-20-8-16-7-19(26-9-17(16)10-27-20)18-11-28-31(13-18)22(23,24)25/h7-11,13-15H,3-6,12H2,1-2H3,(H,27,29,32). The maximum atomic E-state index is 12.8. The summed E-state index contributed by atoms with van der Waals surface area (Å²) in [5.74, 6) is 1.21. The van der Waals surface area contributed by atoms with E-state index in [1.54, 1.807) is 24.8 Å². The van der Waals surface area contributed by atoms with Gasteiger partial charge in [-0.25, -0.2) is 4.98 Å². The molecule has 4 rings (SSSR count). The number of hydrogen-bond donors (Lipinski definition) is 1. The largest absolute Gasteiger partial charge is 0.310 e. The molecule has 1 aliphatic rings. The number of nitrogens with one attached hydrogen (secondary N) is 1. The molecular formula is C22H25B3N6O. The molecule has 3 aromatic rings. The molecule has 3 aromatic heterocycles. The molecule has 1 fully saturated rings. The first-order valence-electron chi connectivity index (χ1n) is 10.9. The van der Waals surface area contributed by atoms with E-state index in [0.717, 1.165) is 48.8 Å². The number of piperidine rings is 1. The second-order valence-corrected chi connectivity index (χ2v) is 9.01. The monoisotopic (exact) mass is 422 g/mol. The molecule has 10 heteroatoms. The van der Waals surface area contributed by atoms with E-state index in [1.165, 1.54) is 4.68 Å². The van der Waals surface area contributed by atoms with Crippen LogP contribution in [0.1, 0.15) is 26.7 Å². The number of likely N-dealkylation sites (tertiary alicyclic amines) is 1. The van der Waals surface area contributed by atoms with Crippen LogP contribution in [0.5, 0.6) is 0 Å². The number of pyridine rings is 2. The molecule has 0 bridgehead atoms. The summed E-state index contributed by atoms with van der Waals surface area (Å²) in [5, 5.41) is 7.28. The van der Waals surface area contributed by atoms with E-state index < -0.39 is 5.24 Å². The van der Waals surface area contributed by atoms with Crippen LogP contribution < -0.4 is 5.32 Å². The highest BCUT2D eigenvalue weighted by molar-refractivity contribution is 6.56. The second kappa shape index (κ2) is 9.10. The van der Waals surface area contributed by atoms with E-state index in [9.17, 15) is 4.79 Å². The molecule has 4 heterocycles. The van der Waals surface area contributed by atoms with Crippen molar-refractivity contribution >= 4 is 46.0 Å². The summed E-state index contributed by atoms with van der Waals surface area (Å²) in [4.78, 5) is 24.1.